The van der Waals surface area contributed by atoms with Crippen molar-refractivity contribution in [3.8, 4) is 11.5 Å². The van der Waals surface area contributed by atoms with E-state index in [1.165, 1.54) is 0 Å². The van der Waals surface area contributed by atoms with Gasteiger partial charge in [0.05, 0.1) is 12.7 Å². The number of nitrogens with one attached hydrogen (secondary N) is 2. The largest absolute Gasteiger partial charge is 0.363 e. The van der Waals surface area contributed by atoms with E-state index in [0.717, 1.165) is 24.4 Å². The fraction of sp³-hybridized carbons (Fsp3) is 0.333. The molecule has 0 aliphatic heterocycles. The van der Waals surface area contributed by atoms with Gasteiger partial charge in [0.15, 0.2) is 0 Å². The highest BCUT2D eigenvalue weighted by molar-refractivity contribution is 5.46. The highest BCUT2D eigenvalue weighted by atomic mass is 15.2. The SMILES string of the molecule is NC1CC(c2cc(NCc3nc(-c4cnccn4)n[nH]3)ncn2)C1. The number of aromatic amines is 1. The third-order valence-corrected chi connectivity index (χ3v) is 4.04. The fourth-order valence-corrected chi connectivity index (χ4v) is 2.67. The molecule has 0 amide bonds. The third kappa shape index (κ3) is 3.06. The van der Waals surface area contributed by atoms with Crippen molar-refractivity contribution in [3.63, 3.8) is 0 Å². The van der Waals surface area contributed by atoms with Crippen molar-refractivity contribution < 1.29 is 0 Å². The van der Waals surface area contributed by atoms with Crippen LogP contribution in [-0.4, -0.2) is 41.2 Å². The second kappa shape index (κ2) is 6.28. The van der Waals surface area contributed by atoms with Gasteiger partial charge in [0, 0.05) is 36.1 Å². The van der Waals surface area contributed by atoms with E-state index in [0.29, 0.717) is 35.8 Å². The van der Waals surface area contributed by atoms with Crippen LogP contribution < -0.4 is 11.1 Å². The molecule has 0 radical (unpaired) electrons. The van der Waals surface area contributed by atoms with Crippen LogP contribution >= 0.6 is 0 Å². The summed E-state index contributed by atoms with van der Waals surface area (Å²) in [6.07, 6.45) is 8.39. The molecule has 9 heteroatoms. The number of rotatable bonds is 5. The molecule has 1 fully saturated rings. The Labute approximate surface area is 138 Å². The van der Waals surface area contributed by atoms with Gasteiger partial charge in [-0.25, -0.2) is 19.9 Å². The van der Waals surface area contributed by atoms with Gasteiger partial charge in [-0.05, 0) is 12.8 Å². The number of H-pyrrole nitrogens is 1. The van der Waals surface area contributed by atoms with Crippen LogP contribution in [0.4, 0.5) is 5.82 Å². The Morgan fingerprint density at radius 1 is 1.21 bits per heavy atom. The summed E-state index contributed by atoms with van der Waals surface area (Å²) >= 11 is 0. The maximum absolute atomic E-state index is 5.84. The van der Waals surface area contributed by atoms with E-state index in [1.807, 2.05) is 6.07 Å². The zero-order chi connectivity index (χ0) is 16.4. The Bertz CT molecular complexity index is 811. The lowest BCUT2D eigenvalue weighted by Gasteiger charge is -2.31. The lowest BCUT2D eigenvalue weighted by atomic mass is 9.79. The minimum atomic E-state index is 0.301. The van der Waals surface area contributed by atoms with Crippen molar-refractivity contribution in [2.75, 3.05) is 5.32 Å². The van der Waals surface area contributed by atoms with E-state index in [4.69, 9.17) is 5.73 Å². The molecule has 0 unspecified atom stereocenters. The van der Waals surface area contributed by atoms with Gasteiger partial charge in [-0.15, -0.1) is 0 Å². The van der Waals surface area contributed by atoms with Gasteiger partial charge in [0.2, 0.25) is 5.82 Å². The molecule has 1 saturated carbocycles. The van der Waals surface area contributed by atoms with Crippen LogP contribution in [0.5, 0.6) is 0 Å². The minimum absolute atomic E-state index is 0.301. The van der Waals surface area contributed by atoms with Crippen molar-refractivity contribution in [2.45, 2.75) is 31.3 Å². The number of aromatic nitrogens is 7. The summed E-state index contributed by atoms with van der Waals surface area (Å²) < 4.78 is 0. The molecule has 0 aromatic carbocycles. The summed E-state index contributed by atoms with van der Waals surface area (Å²) in [6.45, 7) is 0.480. The molecule has 1 aliphatic carbocycles. The van der Waals surface area contributed by atoms with Crippen molar-refractivity contribution in [1.82, 2.24) is 35.1 Å². The zero-order valence-corrected chi connectivity index (χ0v) is 12.9. The maximum atomic E-state index is 5.84. The number of nitrogens with two attached hydrogens (primary N) is 1. The monoisotopic (exact) mass is 323 g/mol. The molecular formula is C15H17N9. The van der Waals surface area contributed by atoms with Crippen LogP contribution in [0.2, 0.25) is 0 Å². The van der Waals surface area contributed by atoms with E-state index in [2.05, 4.69) is 40.4 Å². The third-order valence-electron chi connectivity index (χ3n) is 4.04. The molecule has 122 valence electrons. The van der Waals surface area contributed by atoms with Crippen LogP contribution in [0.3, 0.4) is 0 Å². The Hall–Kier alpha value is -2.94. The highest BCUT2D eigenvalue weighted by Gasteiger charge is 2.28. The number of hydrogen-bond donors (Lipinski definition) is 3. The molecule has 9 nitrogen and oxygen atoms in total. The van der Waals surface area contributed by atoms with Gasteiger partial charge >= 0.3 is 0 Å². The van der Waals surface area contributed by atoms with Crippen LogP contribution in [0.25, 0.3) is 11.5 Å². The van der Waals surface area contributed by atoms with Gasteiger partial charge in [-0.1, -0.05) is 0 Å². The van der Waals surface area contributed by atoms with Gasteiger partial charge in [-0.3, -0.25) is 10.1 Å². The van der Waals surface area contributed by atoms with E-state index in [-0.39, 0.29) is 0 Å². The molecule has 0 saturated heterocycles. The van der Waals surface area contributed by atoms with Crippen LogP contribution in [0.1, 0.15) is 30.3 Å². The standard InChI is InChI=1S/C15H17N9/c16-10-3-9(4-10)11-5-13(21-8-20-11)19-7-14-22-15(24-23-14)12-6-17-1-2-18-12/h1-2,5-6,8-10H,3-4,7,16H2,(H,19,20,21)(H,22,23,24). The molecule has 0 atom stereocenters. The lowest BCUT2D eigenvalue weighted by molar-refractivity contribution is 0.345. The molecule has 3 aromatic rings. The minimum Gasteiger partial charge on any atom is -0.363 e. The van der Waals surface area contributed by atoms with E-state index in [1.54, 1.807) is 24.9 Å². The summed E-state index contributed by atoms with van der Waals surface area (Å²) in [5.41, 5.74) is 7.51. The maximum Gasteiger partial charge on any atom is 0.201 e. The average Bonchev–Trinajstić information content (AvgIpc) is 3.07. The average molecular weight is 323 g/mol. The van der Waals surface area contributed by atoms with E-state index >= 15 is 0 Å². The second-order valence-corrected chi connectivity index (χ2v) is 5.81. The summed E-state index contributed by atoms with van der Waals surface area (Å²) in [7, 11) is 0. The molecule has 0 bridgehead atoms. The first kappa shape index (κ1) is 14.6. The number of hydrogen-bond acceptors (Lipinski definition) is 8. The summed E-state index contributed by atoms with van der Waals surface area (Å²) in [5.74, 6) is 2.42. The van der Waals surface area contributed by atoms with Crippen LogP contribution in [-0.2, 0) is 6.54 Å². The lowest BCUT2D eigenvalue weighted by Crippen LogP contribution is -2.35. The first-order valence-electron chi connectivity index (χ1n) is 7.77. The molecule has 4 rings (SSSR count). The Kier molecular flexibility index (Phi) is 3.83. The quantitative estimate of drug-likeness (QED) is 0.630. The molecule has 3 heterocycles. The Balaban J connectivity index is 1.40. The first-order chi connectivity index (χ1) is 11.8. The highest BCUT2D eigenvalue weighted by Crippen LogP contribution is 2.34. The normalized spacial score (nSPS) is 19.7. The van der Waals surface area contributed by atoms with Gasteiger partial charge < -0.3 is 11.1 Å². The fourth-order valence-electron chi connectivity index (χ4n) is 2.67. The van der Waals surface area contributed by atoms with Gasteiger partial charge in [0.25, 0.3) is 0 Å². The van der Waals surface area contributed by atoms with E-state index in [9.17, 15) is 0 Å². The van der Waals surface area contributed by atoms with Crippen molar-refractivity contribution in [3.05, 3.63) is 42.5 Å². The van der Waals surface area contributed by atoms with Crippen molar-refractivity contribution in [1.29, 1.82) is 0 Å². The Morgan fingerprint density at radius 2 is 2.12 bits per heavy atom. The molecular weight excluding hydrogens is 306 g/mol. The van der Waals surface area contributed by atoms with E-state index < -0.39 is 0 Å². The molecule has 24 heavy (non-hydrogen) atoms. The molecule has 4 N–H and O–H groups in total. The predicted molar refractivity (Wildman–Crippen MR) is 86.7 cm³/mol. The molecule has 1 aliphatic rings. The van der Waals surface area contributed by atoms with Gasteiger partial charge in [0.1, 0.15) is 23.7 Å². The zero-order valence-electron chi connectivity index (χ0n) is 12.9. The predicted octanol–water partition coefficient (Wildman–Crippen LogP) is 0.868. The Morgan fingerprint density at radius 3 is 2.92 bits per heavy atom. The molecule has 0 spiro atoms. The topological polar surface area (TPSA) is 131 Å². The summed E-state index contributed by atoms with van der Waals surface area (Å²) in [6, 6.07) is 2.27. The summed E-state index contributed by atoms with van der Waals surface area (Å²) in [5, 5.41) is 10.3. The molecule has 3 aromatic heterocycles. The number of anilines is 1. The van der Waals surface area contributed by atoms with Crippen LogP contribution in [0.15, 0.2) is 31.0 Å². The first-order valence-corrected chi connectivity index (χ1v) is 7.77. The summed E-state index contributed by atoms with van der Waals surface area (Å²) in [4.78, 5) is 21.2. The second-order valence-electron chi connectivity index (χ2n) is 5.81. The van der Waals surface area contributed by atoms with Crippen molar-refractivity contribution >= 4 is 5.82 Å². The number of nitrogens with zero attached hydrogens (tertiary/aromatic N) is 6. The van der Waals surface area contributed by atoms with Crippen molar-refractivity contribution in [2.24, 2.45) is 5.73 Å². The van der Waals surface area contributed by atoms with Gasteiger partial charge in [-0.2, -0.15) is 5.10 Å². The smallest absolute Gasteiger partial charge is 0.201 e. The van der Waals surface area contributed by atoms with Crippen LogP contribution in [0, 0.1) is 0 Å².